The van der Waals surface area contributed by atoms with Crippen LogP contribution in [0.15, 0.2) is 66.7 Å². The monoisotopic (exact) mass is 495 g/mol. The SMILES string of the molecule is O=C(Nc1ccc(F)c(F)c1F)c1ccc(-c2cc(C(F)(F)F)nn2-c2ccccc2Cl)cc1. The van der Waals surface area contributed by atoms with Crippen LogP contribution in [-0.4, -0.2) is 15.7 Å². The number of carbonyl (C=O) groups excluding carboxylic acids is 1. The van der Waals surface area contributed by atoms with E-state index in [0.29, 0.717) is 6.07 Å². The van der Waals surface area contributed by atoms with E-state index in [0.717, 1.165) is 16.8 Å². The summed E-state index contributed by atoms with van der Waals surface area (Å²) in [6, 6.07) is 13.8. The van der Waals surface area contributed by atoms with Gasteiger partial charge in [0.05, 0.1) is 22.1 Å². The molecule has 0 bridgehead atoms. The largest absolute Gasteiger partial charge is 0.435 e. The molecule has 174 valence electrons. The highest BCUT2D eigenvalue weighted by atomic mass is 35.5. The molecule has 0 fully saturated rings. The Kier molecular flexibility index (Phi) is 6.09. The van der Waals surface area contributed by atoms with Gasteiger partial charge >= 0.3 is 6.18 Å². The third-order valence-electron chi connectivity index (χ3n) is 4.81. The molecule has 1 N–H and O–H groups in total. The van der Waals surface area contributed by atoms with Crippen LogP contribution in [0.25, 0.3) is 16.9 Å². The Balaban J connectivity index is 1.68. The smallest absolute Gasteiger partial charge is 0.319 e. The van der Waals surface area contributed by atoms with Crippen molar-refractivity contribution in [2.45, 2.75) is 6.18 Å². The van der Waals surface area contributed by atoms with Crippen LogP contribution in [0.5, 0.6) is 0 Å². The number of para-hydroxylation sites is 1. The summed E-state index contributed by atoms with van der Waals surface area (Å²) >= 11 is 6.14. The van der Waals surface area contributed by atoms with Gasteiger partial charge in [0.2, 0.25) is 0 Å². The maximum Gasteiger partial charge on any atom is 0.435 e. The first-order chi connectivity index (χ1) is 16.1. The second-order valence-corrected chi connectivity index (χ2v) is 7.44. The quantitative estimate of drug-likeness (QED) is 0.248. The predicted molar refractivity (Wildman–Crippen MR) is 113 cm³/mol. The molecular weight excluding hydrogens is 484 g/mol. The first-order valence-electron chi connectivity index (χ1n) is 9.53. The fraction of sp³-hybridized carbons (Fsp3) is 0.0435. The Hall–Kier alpha value is -3.79. The molecule has 0 saturated carbocycles. The molecule has 0 radical (unpaired) electrons. The minimum absolute atomic E-state index is 0.00673. The lowest BCUT2D eigenvalue weighted by molar-refractivity contribution is -0.141. The molecule has 1 amide bonds. The maximum atomic E-state index is 13.8. The van der Waals surface area contributed by atoms with Gasteiger partial charge in [0.25, 0.3) is 5.91 Å². The summed E-state index contributed by atoms with van der Waals surface area (Å²) in [5.74, 6) is -5.55. The number of nitrogens with one attached hydrogen (secondary N) is 1. The van der Waals surface area contributed by atoms with Gasteiger partial charge in [-0.25, -0.2) is 17.9 Å². The molecule has 0 unspecified atom stereocenters. The molecule has 0 aliphatic carbocycles. The van der Waals surface area contributed by atoms with Crippen molar-refractivity contribution in [3.8, 4) is 16.9 Å². The highest BCUT2D eigenvalue weighted by Gasteiger charge is 2.35. The Morgan fingerprint density at radius 3 is 2.24 bits per heavy atom. The van der Waals surface area contributed by atoms with Crippen molar-refractivity contribution in [2.75, 3.05) is 5.32 Å². The molecule has 4 aromatic rings. The van der Waals surface area contributed by atoms with Crippen LogP contribution in [0.1, 0.15) is 16.1 Å². The number of hydrogen-bond acceptors (Lipinski definition) is 2. The lowest BCUT2D eigenvalue weighted by atomic mass is 10.1. The average Bonchev–Trinajstić information content (AvgIpc) is 3.26. The van der Waals surface area contributed by atoms with Crippen LogP contribution in [0.4, 0.5) is 32.0 Å². The zero-order valence-electron chi connectivity index (χ0n) is 16.8. The van der Waals surface area contributed by atoms with E-state index >= 15 is 0 Å². The van der Waals surface area contributed by atoms with Gasteiger partial charge in [0, 0.05) is 11.1 Å². The van der Waals surface area contributed by atoms with E-state index in [-0.39, 0.29) is 27.5 Å². The predicted octanol–water partition coefficient (Wildman–Crippen LogP) is 6.88. The third kappa shape index (κ3) is 4.49. The van der Waals surface area contributed by atoms with Crippen LogP contribution in [0.3, 0.4) is 0 Å². The molecule has 3 aromatic carbocycles. The highest BCUT2D eigenvalue weighted by molar-refractivity contribution is 6.32. The zero-order chi connectivity index (χ0) is 24.6. The molecule has 1 heterocycles. The van der Waals surface area contributed by atoms with E-state index in [1.54, 1.807) is 12.1 Å². The summed E-state index contributed by atoms with van der Waals surface area (Å²) in [6.45, 7) is 0. The number of rotatable bonds is 4. The topological polar surface area (TPSA) is 46.9 Å². The van der Waals surface area contributed by atoms with E-state index in [9.17, 15) is 31.1 Å². The third-order valence-corrected chi connectivity index (χ3v) is 5.13. The van der Waals surface area contributed by atoms with Crippen molar-refractivity contribution < 1.29 is 31.1 Å². The maximum absolute atomic E-state index is 13.8. The van der Waals surface area contributed by atoms with E-state index in [1.165, 1.54) is 36.4 Å². The van der Waals surface area contributed by atoms with Crippen molar-refractivity contribution >= 4 is 23.2 Å². The number of carbonyl (C=O) groups is 1. The number of benzene rings is 3. The van der Waals surface area contributed by atoms with Gasteiger partial charge in [0.1, 0.15) is 0 Å². The Bertz CT molecular complexity index is 1380. The second-order valence-electron chi connectivity index (χ2n) is 7.03. The van der Waals surface area contributed by atoms with E-state index in [2.05, 4.69) is 10.4 Å². The normalized spacial score (nSPS) is 11.5. The van der Waals surface area contributed by atoms with Gasteiger partial charge in [-0.1, -0.05) is 35.9 Å². The minimum atomic E-state index is -4.71. The Labute approximate surface area is 193 Å². The lowest BCUT2D eigenvalue weighted by Crippen LogP contribution is -2.14. The second kappa shape index (κ2) is 8.86. The van der Waals surface area contributed by atoms with Crippen LogP contribution >= 0.6 is 11.6 Å². The Morgan fingerprint density at radius 2 is 1.59 bits per heavy atom. The molecule has 1 aromatic heterocycles. The van der Waals surface area contributed by atoms with Gasteiger partial charge in [-0.2, -0.15) is 18.3 Å². The number of alkyl halides is 3. The first kappa shape index (κ1) is 23.4. The summed E-state index contributed by atoms with van der Waals surface area (Å²) in [6.07, 6.45) is -4.71. The van der Waals surface area contributed by atoms with Gasteiger partial charge in [-0.05, 0) is 42.5 Å². The van der Waals surface area contributed by atoms with Crippen molar-refractivity contribution in [1.82, 2.24) is 9.78 Å². The number of anilines is 1. The van der Waals surface area contributed by atoms with E-state index in [4.69, 9.17) is 11.6 Å². The molecule has 34 heavy (non-hydrogen) atoms. The number of aromatic nitrogens is 2. The molecule has 0 aliphatic rings. The van der Waals surface area contributed by atoms with Crippen LogP contribution in [-0.2, 0) is 6.18 Å². The van der Waals surface area contributed by atoms with Crippen LogP contribution < -0.4 is 5.32 Å². The molecule has 0 spiro atoms. The number of hydrogen-bond donors (Lipinski definition) is 1. The molecule has 4 rings (SSSR count). The van der Waals surface area contributed by atoms with Gasteiger partial charge in [0.15, 0.2) is 23.1 Å². The standard InChI is InChI=1S/C23H12ClF6N3O/c24-14-3-1-2-4-17(14)33-18(11-19(32-33)23(28,29)30)12-5-7-13(8-6-12)22(34)31-16-10-9-15(25)20(26)21(16)27/h1-11H,(H,31,34). The van der Waals surface area contributed by atoms with Crippen LogP contribution in [0, 0.1) is 17.5 Å². The van der Waals surface area contributed by atoms with Gasteiger partial charge in [-0.3, -0.25) is 4.79 Å². The molecule has 0 aliphatic heterocycles. The van der Waals surface area contributed by atoms with E-state index in [1.807, 2.05) is 0 Å². The van der Waals surface area contributed by atoms with Gasteiger partial charge in [-0.15, -0.1) is 0 Å². The average molecular weight is 496 g/mol. The minimum Gasteiger partial charge on any atom is -0.319 e. The summed E-state index contributed by atoms with van der Waals surface area (Å²) in [5, 5.41) is 5.94. The summed E-state index contributed by atoms with van der Waals surface area (Å²) in [7, 11) is 0. The molecule has 0 atom stereocenters. The van der Waals surface area contributed by atoms with Gasteiger partial charge < -0.3 is 5.32 Å². The molecular formula is C23H12ClF6N3O. The van der Waals surface area contributed by atoms with Crippen molar-refractivity contribution in [2.24, 2.45) is 0 Å². The number of nitrogens with zero attached hydrogens (tertiary/aromatic N) is 2. The summed E-state index contributed by atoms with van der Waals surface area (Å²) in [4.78, 5) is 12.4. The summed E-state index contributed by atoms with van der Waals surface area (Å²) < 4.78 is 81.3. The fourth-order valence-electron chi connectivity index (χ4n) is 3.14. The highest BCUT2D eigenvalue weighted by Crippen LogP contribution is 2.34. The van der Waals surface area contributed by atoms with Crippen molar-refractivity contribution in [3.05, 3.63) is 100 Å². The fourth-order valence-corrected chi connectivity index (χ4v) is 3.36. The first-order valence-corrected chi connectivity index (χ1v) is 9.91. The van der Waals surface area contributed by atoms with E-state index < -0.39 is 40.9 Å². The van der Waals surface area contributed by atoms with Crippen molar-refractivity contribution in [1.29, 1.82) is 0 Å². The van der Waals surface area contributed by atoms with Crippen LogP contribution in [0.2, 0.25) is 5.02 Å². The lowest BCUT2D eigenvalue weighted by Gasteiger charge is -2.10. The zero-order valence-corrected chi connectivity index (χ0v) is 17.6. The molecule has 0 saturated heterocycles. The summed E-state index contributed by atoms with van der Waals surface area (Å²) in [5.41, 5.74) is -1.17. The molecule has 11 heteroatoms. The molecule has 4 nitrogen and oxygen atoms in total. The number of amides is 1. The Morgan fingerprint density at radius 1 is 0.912 bits per heavy atom. The number of halogens is 7. The van der Waals surface area contributed by atoms with Crippen molar-refractivity contribution in [3.63, 3.8) is 0 Å².